The Labute approximate surface area is 165 Å². The molecule has 0 saturated heterocycles. The highest BCUT2D eigenvalue weighted by Crippen LogP contribution is 2.41. The summed E-state index contributed by atoms with van der Waals surface area (Å²) in [5, 5.41) is 12.3. The number of nitrogens with zero attached hydrogens (tertiary/aromatic N) is 3. The van der Waals surface area contributed by atoms with Gasteiger partial charge in [-0.1, -0.05) is 24.8 Å². The van der Waals surface area contributed by atoms with Crippen molar-refractivity contribution in [2.75, 3.05) is 16.8 Å². The van der Waals surface area contributed by atoms with Gasteiger partial charge in [-0.3, -0.25) is 9.59 Å². The van der Waals surface area contributed by atoms with Gasteiger partial charge in [-0.2, -0.15) is 5.26 Å². The summed E-state index contributed by atoms with van der Waals surface area (Å²) in [6.45, 7) is 5.62. The van der Waals surface area contributed by atoms with Gasteiger partial charge in [0, 0.05) is 17.9 Å². The summed E-state index contributed by atoms with van der Waals surface area (Å²) in [7, 11) is 0. The molecule has 3 aromatic rings. The maximum absolute atomic E-state index is 13.2. The molecule has 0 bridgehead atoms. The van der Waals surface area contributed by atoms with Crippen molar-refractivity contribution in [3.05, 3.63) is 65.7 Å². The lowest BCUT2D eigenvalue weighted by Gasteiger charge is -2.24. The minimum atomic E-state index is -0.899. The van der Waals surface area contributed by atoms with Gasteiger partial charge in [0.2, 0.25) is 11.8 Å². The Hall–Kier alpha value is -3.50. The van der Waals surface area contributed by atoms with Crippen molar-refractivity contribution in [3.8, 4) is 6.07 Å². The fourth-order valence-electron chi connectivity index (χ4n) is 3.49. The standard InChI is InChI=1S/C21H16N4O2S/c1-3-19(26)25-12-21(2,14-6-4-5-7-16(14)25)20(27)23-13-8-9-17-15(10-13)24-18(11-22)28-17/h3-10H,1,12H2,2H3,(H,23,27). The zero-order valence-corrected chi connectivity index (χ0v) is 15.9. The van der Waals surface area contributed by atoms with Crippen LogP contribution in [0.3, 0.4) is 0 Å². The van der Waals surface area contributed by atoms with Crippen LogP contribution in [0.4, 0.5) is 11.4 Å². The van der Waals surface area contributed by atoms with Crippen LogP contribution in [0.2, 0.25) is 0 Å². The monoisotopic (exact) mass is 388 g/mol. The van der Waals surface area contributed by atoms with Crippen molar-refractivity contribution in [3.63, 3.8) is 0 Å². The SMILES string of the molecule is C=CC(=O)N1CC(C)(C(=O)Nc2ccc3sc(C#N)nc3c2)c2ccccc21. The zero-order valence-electron chi connectivity index (χ0n) is 15.1. The second-order valence-electron chi connectivity index (χ2n) is 6.75. The van der Waals surface area contributed by atoms with Crippen LogP contribution in [-0.4, -0.2) is 23.3 Å². The summed E-state index contributed by atoms with van der Waals surface area (Å²) in [4.78, 5) is 31.3. The molecule has 1 N–H and O–H groups in total. The van der Waals surface area contributed by atoms with E-state index in [0.29, 0.717) is 16.2 Å². The van der Waals surface area contributed by atoms with Crippen LogP contribution in [0, 0.1) is 11.3 Å². The van der Waals surface area contributed by atoms with Crippen molar-refractivity contribution in [1.29, 1.82) is 5.26 Å². The molecule has 138 valence electrons. The second-order valence-corrected chi connectivity index (χ2v) is 7.78. The zero-order chi connectivity index (χ0) is 19.9. The smallest absolute Gasteiger partial charge is 0.250 e. The highest BCUT2D eigenvalue weighted by Gasteiger charge is 2.46. The summed E-state index contributed by atoms with van der Waals surface area (Å²) in [5.74, 6) is -0.453. The highest BCUT2D eigenvalue weighted by atomic mass is 32.1. The molecule has 1 aliphatic heterocycles. The van der Waals surface area contributed by atoms with Crippen LogP contribution in [0.15, 0.2) is 55.1 Å². The average molecular weight is 388 g/mol. The number of carbonyl (C=O) groups is 2. The molecule has 2 amide bonds. The maximum atomic E-state index is 13.2. The number of hydrogen-bond donors (Lipinski definition) is 1. The molecule has 6 nitrogen and oxygen atoms in total. The third kappa shape index (κ3) is 2.75. The number of benzene rings is 2. The number of rotatable bonds is 3. The molecule has 4 rings (SSSR count). The molecule has 0 spiro atoms. The van der Waals surface area contributed by atoms with E-state index in [2.05, 4.69) is 16.9 Å². The Morgan fingerprint density at radius 3 is 2.89 bits per heavy atom. The number of hydrogen-bond acceptors (Lipinski definition) is 5. The predicted molar refractivity (Wildman–Crippen MR) is 109 cm³/mol. The van der Waals surface area contributed by atoms with Gasteiger partial charge in [-0.25, -0.2) is 4.98 Å². The summed E-state index contributed by atoms with van der Waals surface area (Å²) < 4.78 is 0.884. The van der Waals surface area contributed by atoms with Crippen LogP contribution >= 0.6 is 11.3 Å². The lowest BCUT2D eigenvalue weighted by molar-refractivity contribution is -0.120. The van der Waals surface area contributed by atoms with Crippen LogP contribution in [0.5, 0.6) is 0 Å². The average Bonchev–Trinajstić information content (AvgIpc) is 3.27. The fourth-order valence-corrected chi connectivity index (χ4v) is 4.23. The van der Waals surface area contributed by atoms with Gasteiger partial charge >= 0.3 is 0 Å². The molecule has 0 fully saturated rings. The van der Waals surface area contributed by atoms with Crippen LogP contribution < -0.4 is 10.2 Å². The quantitative estimate of drug-likeness (QED) is 0.695. The number of fused-ring (bicyclic) bond motifs is 2. The van der Waals surface area contributed by atoms with Crippen molar-refractivity contribution >= 4 is 44.7 Å². The van der Waals surface area contributed by atoms with Gasteiger partial charge in [0.1, 0.15) is 6.07 Å². The topological polar surface area (TPSA) is 86.1 Å². The summed E-state index contributed by atoms with van der Waals surface area (Å²) in [5.41, 5.74) is 1.88. The van der Waals surface area contributed by atoms with Crippen molar-refractivity contribution in [2.45, 2.75) is 12.3 Å². The number of anilines is 2. The second kappa shape index (κ2) is 6.59. The van der Waals surface area contributed by atoms with E-state index in [1.165, 1.54) is 17.4 Å². The van der Waals surface area contributed by atoms with Gasteiger partial charge in [0.05, 0.1) is 15.6 Å². The Balaban J connectivity index is 1.67. The number of para-hydroxylation sites is 1. The normalized spacial score (nSPS) is 17.8. The van der Waals surface area contributed by atoms with Crippen LogP contribution in [0.25, 0.3) is 10.2 Å². The Bertz CT molecular complexity index is 1180. The number of nitriles is 1. The molecule has 2 aromatic carbocycles. The maximum Gasteiger partial charge on any atom is 0.250 e. The molecule has 2 heterocycles. The first kappa shape index (κ1) is 17.9. The van der Waals surface area contributed by atoms with Gasteiger partial charge in [0.25, 0.3) is 0 Å². The molecule has 1 aliphatic rings. The third-order valence-corrected chi connectivity index (χ3v) is 5.89. The van der Waals surface area contributed by atoms with E-state index in [1.807, 2.05) is 43.3 Å². The molecule has 28 heavy (non-hydrogen) atoms. The molecule has 0 aliphatic carbocycles. The number of carbonyl (C=O) groups excluding carboxylic acids is 2. The Kier molecular flexibility index (Phi) is 4.21. The highest BCUT2D eigenvalue weighted by molar-refractivity contribution is 7.19. The Morgan fingerprint density at radius 1 is 1.36 bits per heavy atom. The molecular formula is C21H16N4O2S. The van der Waals surface area contributed by atoms with E-state index in [1.54, 1.807) is 17.0 Å². The number of aromatic nitrogens is 1. The molecule has 7 heteroatoms. The molecule has 0 saturated carbocycles. The minimum Gasteiger partial charge on any atom is -0.325 e. The van der Waals surface area contributed by atoms with E-state index >= 15 is 0 Å². The van der Waals surface area contributed by atoms with E-state index in [4.69, 9.17) is 5.26 Å². The Morgan fingerprint density at radius 2 is 2.14 bits per heavy atom. The van der Waals surface area contributed by atoms with Gasteiger partial charge in [-0.05, 0) is 42.8 Å². The first-order valence-electron chi connectivity index (χ1n) is 8.62. The van der Waals surface area contributed by atoms with Crippen molar-refractivity contribution in [2.24, 2.45) is 0 Å². The van der Waals surface area contributed by atoms with Crippen molar-refractivity contribution in [1.82, 2.24) is 4.98 Å². The van der Waals surface area contributed by atoms with Crippen LogP contribution in [-0.2, 0) is 15.0 Å². The fraction of sp³-hybridized carbons (Fsp3) is 0.143. The largest absolute Gasteiger partial charge is 0.325 e. The number of thiazole rings is 1. The van der Waals surface area contributed by atoms with E-state index in [9.17, 15) is 9.59 Å². The molecular weight excluding hydrogens is 372 g/mol. The first-order chi connectivity index (χ1) is 13.5. The summed E-state index contributed by atoms with van der Waals surface area (Å²) >= 11 is 1.31. The molecule has 1 aromatic heterocycles. The number of nitrogens with one attached hydrogen (secondary N) is 1. The van der Waals surface area contributed by atoms with Crippen LogP contribution in [0.1, 0.15) is 17.5 Å². The molecule has 0 radical (unpaired) electrons. The predicted octanol–water partition coefficient (Wildman–Crippen LogP) is 3.60. The van der Waals surface area contributed by atoms with Gasteiger partial charge in [0.15, 0.2) is 5.01 Å². The van der Waals surface area contributed by atoms with E-state index in [-0.39, 0.29) is 18.4 Å². The lowest BCUT2D eigenvalue weighted by Crippen LogP contribution is -2.43. The van der Waals surface area contributed by atoms with E-state index in [0.717, 1.165) is 16.0 Å². The third-order valence-electron chi connectivity index (χ3n) is 4.95. The van der Waals surface area contributed by atoms with Gasteiger partial charge < -0.3 is 10.2 Å². The van der Waals surface area contributed by atoms with E-state index < -0.39 is 5.41 Å². The molecule has 1 unspecified atom stereocenters. The minimum absolute atomic E-state index is 0.214. The van der Waals surface area contributed by atoms with Crippen molar-refractivity contribution < 1.29 is 9.59 Å². The van der Waals surface area contributed by atoms with Gasteiger partial charge in [-0.15, -0.1) is 11.3 Å². The lowest BCUT2D eigenvalue weighted by atomic mass is 9.83. The first-order valence-corrected chi connectivity index (χ1v) is 9.43. The molecule has 1 atom stereocenters. The summed E-state index contributed by atoms with van der Waals surface area (Å²) in [6, 6.07) is 14.8. The summed E-state index contributed by atoms with van der Waals surface area (Å²) in [6.07, 6.45) is 1.25. The number of amides is 2.